The van der Waals surface area contributed by atoms with Gasteiger partial charge < -0.3 is 20.1 Å². The maximum Gasteiger partial charge on any atom is 0.429 e. The van der Waals surface area contributed by atoms with Crippen molar-refractivity contribution in [3.8, 4) is 16.9 Å². The van der Waals surface area contributed by atoms with Crippen LogP contribution in [0.15, 0.2) is 90.5 Å². The van der Waals surface area contributed by atoms with Gasteiger partial charge in [-0.3, -0.25) is 14.9 Å². The maximum atomic E-state index is 15.4. The van der Waals surface area contributed by atoms with E-state index in [-0.39, 0.29) is 40.3 Å². The van der Waals surface area contributed by atoms with Crippen LogP contribution >= 0.6 is 0 Å². The highest BCUT2D eigenvalue weighted by molar-refractivity contribution is 6.00. The second-order valence-electron chi connectivity index (χ2n) is 14.6. The molecule has 59 heavy (non-hydrogen) atoms. The van der Waals surface area contributed by atoms with E-state index >= 15 is 4.39 Å². The van der Waals surface area contributed by atoms with Crippen molar-refractivity contribution in [2.75, 3.05) is 17.7 Å². The fourth-order valence-corrected chi connectivity index (χ4v) is 7.95. The number of benzene rings is 4. The first-order valence-electron chi connectivity index (χ1n) is 18.4. The van der Waals surface area contributed by atoms with Crippen LogP contribution in [0.5, 0.6) is 5.75 Å². The summed E-state index contributed by atoms with van der Waals surface area (Å²) in [6.45, 7) is 0. The van der Waals surface area contributed by atoms with Gasteiger partial charge in [0.2, 0.25) is 12.0 Å². The molecule has 0 aromatic heterocycles. The fourth-order valence-electron chi connectivity index (χ4n) is 7.95. The lowest BCUT2D eigenvalue weighted by molar-refractivity contribution is -0.205. The summed E-state index contributed by atoms with van der Waals surface area (Å²) in [7, 11) is 1.24. The van der Waals surface area contributed by atoms with Gasteiger partial charge in [0.05, 0.1) is 29.8 Å². The zero-order chi connectivity index (χ0) is 42.4. The number of hydrogen-bond acceptors (Lipinski definition) is 5. The third kappa shape index (κ3) is 8.73. The number of nitrogens with one attached hydrogen (secondary N) is 3. The molecule has 0 spiro atoms. The molecule has 8 nitrogen and oxygen atoms in total. The molecule has 3 unspecified atom stereocenters. The zero-order valence-electron chi connectivity index (χ0n) is 30.8. The molecule has 310 valence electrons. The Morgan fingerprint density at radius 3 is 2.17 bits per heavy atom. The molecular weight excluding hydrogens is 797 g/mol. The average Bonchev–Trinajstić information content (AvgIpc) is 3.86. The Morgan fingerprint density at radius 1 is 0.780 bits per heavy atom. The lowest BCUT2D eigenvalue weighted by atomic mass is 9.83. The SMILES string of the molecule is COc1ccc(-c2cc(C(OC(=O)Nc3ccccc3F)C(F)(F)F)ccc2F)cc1C(=O)N[C@@H]1C2CCC(C2=CC2CC2)[C@@H]1C(=O)Nc1ccc(F)c(C(F)(F)F)c1. The van der Waals surface area contributed by atoms with Crippen molar-refractivity contribution in [2.45, 2.75) is 50.2 Å². The molecule has 3 N–H and O–H groups in total. The molecule has 3 saturated carbocycles. The van der Waals surface area contributed by atoms with Gasteiger partial charge in [0, 0.05) is 28.8 Å². The highest BCUT2D eigenvalue weighted by atomic mass is 19.4. The second kappa shape index (κ2) is 16.0. The third-order valence-electron chi connectivity index (χ3n) is 10.8. The Hall–Kier alpha value is -6.00. The molecule has 0 saturated heterocycles. The van der Waals surface area contributed by atoms with E-state index in [0.29, 0.717) is 25.0 Å². The number of para-hydroxylation sites is 1. The molecule has 0 heterocycles. The summed E-state index contributed by atoms with van der Waals surface area (Å²) in [4.78, 5) is 40.5. The minimum Gasteiger partial charge on any atom is -0.496 e. The smallest absolute Gasteiger partial charge is 0.429 e. The Morgan fingerprint density at radius 2 is 1.49 bits per heavy atom. The molecule has 17 heteroatoms. The zero-order valence-corrected chi connectivity index (χ0v) is 30.8. The molecule has 0 aliphatic heterocycles. The number of allylic oxidation sites excluding steroid dienone is 1. The Labute approximate surface area is 330 Å². The van der Waals surface area contributed by atoms with Crippen LogP contribution < -0.4 is 20.7 Å². The number of halogens is 9. The summed E-state index contributed by atoms with van der Waals surface area (Å²) in [5.41, 5.74) is -2.76. The van der Waals surface area contributed by atoms with Gasteiger partial charge in [-0.2, -0.15) is 26.3 Å². The number of rotatable bonds is 10. The summed E-state index contributed by atoms with van der Waals surface area (Å²) >= 11 is 0. The molecule has 7 rings (SSSR count). The summed E-state index contributed by atoms with van der Waals surface area (Å²) in [5, 5.41) is 7.26. The van der Waals surface area contributed by atoms with Crippen molar-refractivity contribution in [2.24, 2.45) is 23.7 Å². The number of carbonyl (C=O) groups is 3. The largest absolute Gasteiger partial charge is 0.496 e. The van der Waals surface area contributed by atoms with E-state index in [4.69, 9.17) is 4.74 Å². The lowest BCUT2D eigenvalue weighted by Crippen LogP contribution is -2.48. The monoisotopic (exact) mass is 831 g/mol. The van der Waals surface area contributed by atoms with E-state index in [0.717, 1.165) is 54.8 Å². The first kappa shape index (κ1) is 41.2. The van der Waals surface area contributed by atoms with Crippen LogP contribution in [0.1, 0.15) is 53.3 Å². The predicted molar refractivity (Wildman–Crippen MR) is 195 cm³/mol. The van der Waals surface area contributed by atoms with Crippen LogP contribution in [-0.4, -0.2) is 37.2 Å². The lowest BCUT2D eigenvalue weighted by Gasteiger charge is -2.30. The van der Waals surface area contributed by atoms with E-state index < -0.39 is 88.2 Å². The van der Waals surface area contributed by atoms with Crippen molar-refractivity contribution >= 4 is 29.3 Å². The number of hydrogen-bond donors (Lipinski definition) is 3. The normalized spacial score (nSPS) is 21.2. The molecule has 5 atom stereocenters. The quantitative estimate of drug-likeness (QED) is 0.109. The standard InChI is InChI=1S/C42H34F9N3O5/c1-58-34-15-9-21(26-18-22(8-13-30(26)43)37(42(49,50)51)59-40(57)53-33-5-3-2-4-32(33)45)17-28(34)38(55)54-36-25-12-11-24(27(25)16-20-6-7-20)35(36)39(56)52-23-10-14-31(44)29(19-23)41(46,47)48/h2-5,8-10,13-20,24-25,35-37H,6-7,11-12H2,1H3,(H,52,56)(H,53,57)(H,54,55)/t24?,25?,35-,36+,37?/m0/s1. The first-order valence-corrected chi connectivity index (χ1v) is 18.4. The van der Waals surface area contributed by atoms with Gasteiger partial charge >= 0.3 is 18.4 Å². The van der Waals surface area contributed by atoms with Crippen molar-refractivity contribution in [3.63, 3.8) is 0 Å². The van der Waals surface area contributed by atoms with Crippen molar-refractivity contribution in [3.05, 3.63) is 125 Å². The summed E-state index contributed by atoms with van der Waals surface area (Å²) in [5.74, 6) is -6.34. The molecule has 3 fully saturated rings. The second-order valence-corrected chi connectivity index (χ2v) is 14.6. The third-order valence-corrected chi connectivity index (χ3v) is 10.8. The number of carbonyl (C=O) groups excluding carboxylic acids is 3. The number of methoxy groups -OCH3 is 1. The van der Waals surface area contributed by atoms with Crippen LogP contribution in [0.3, 0.4) is 0 Å². The highest BCUT2D eigenvalue weighted by Crippen LogP contribution is 2.54. The van der Waals surface area contributed by atoms with Crippen molar-refractivity contribution in [1.29, 1.82) is 0 Å². The van der Waals surface area contributed by atoms with Gasteiger partial charge in [-0.05, 0) is 97.7 Å². The number of fused-ring (bicyclic) bond motifs is 2. The molecule has 3 amide bonds. The first-order chi connectivity index (χ1) is 27.9. The molecule has 3 aliphatic rings. The van der Waals surface area contributed by atoms with Gasteiger partial charge in [-0.15, -0.1) is 0 Å². The van der Waals surface area contributed by atoms with Crippen LogP contribution in [0.25, 0.3) is 11.1 Å². The fraction of sp³-hybridized carbons (Fsp3) is 0.310. The topological polar surface area (TPSA) is 106 Å². The maximum absolute atomic E-state index is 15.4. The molecule has 4 aromatic rings. The minimum absolute atomic E-state index is 0.0203. The van der Waals surface area contributed by atoms with E-state index in [1.165, 1.54) is 37.4 Å². The number of ether oxygens (including phenoxy) is 2. The number of amides is 3. The Kier molecular flexibility index (Phi) is 11.2. The van der Waals surface area contributed by atoms with E-state index in [2.05, 4.69) is 21.4 Å². The minimum atomic E-state index is -5.21. The van der Waals surface area contributed by atoms with Crippen LogP contribution in [0.2, 0.25) is 0 Å². The van der Waals surface area contributed by atoms with Gasteiger partial charge in [0.15, 0.2) is 0 Å². The predicted octanol–water partition coefficient (Wildman–Crippen LogP) is 10.4. The molecule has 4 aromatic carbocycles. The van der Waals surface area contributed by atoms with Gasteiger partial charge in [0.1, 0.15) is 23.2 Å². The van der Waals surface area contributed by atoms with E-state index in [1.54, 1.807) is 0 Å². The molecular formula is C42H34F9N3O5. The van der Waals surface area contributed by atoms with Crippen LogP contribution in [-0.2, 0) is 15.7 Å². The highest BCUT2D eigenvalue weighted by Gasteiger charge is 2.55. The van der Waals surface area contributed by atoms with Gasteiger partial charge in [-0.25, -0.2) is 18.0 Å². The Bertz CT molecular complexity index is 2330. The van der Waals surface area contributed by atoms with Gasteiger partial charge in [-0.1, -0.05) is 35.9 Å². The van der Waals surface area contributed by atoms with E-state index in [9.17, 15) is 49.5 Å². The van der Waals surface area contributed by atoms with Crippen LogP contribution in [0, 0.1) is 41.1 Å². The summed E-state index contributed by atoms with van der Waals surface area (Å²) < 4.78 is 137. The van der Waals surface area contributed by atoms with Crippen molar-refractivity contribution < 1.29 is 63.4 Å². The summed E-state index contributed by atoms with van der Waals surface area (Å²) in [6.07, 6.45) is -9.71. The average molecular weight is 832 g/mol. The van der Waals surface area contributed by atoms with Crippen molar-refractivity contribution in [1.82, 2.24) is 5.32 Å². The molecule has 0 radical (unpaired) electrons. The number of alkyl halides is 6. The van der Waals surface area contributed by atoms with E-state index in [1.807, 2.05) is 5.32 Å². The molecule has 2 bridgehead atoms. The number of anilines is 2. The summed E-state index contributed by atoms with van der Waals surface area (Å²) in [6, 6.07) is 11.9. The van der Waals surface area contributed by atoms with Gasteiger partial charge in [0.25, 0.3) is 5.91 Å². The van der Waals surface area contributed by atoms with Crippen LogP contribution in [0.4, 0.5) is 55.7 Å². The Balaban J connectivity index is 1.17. The molecule has 3 aliphatic carbocycles.